The van der Waals surface area contributed by atoms with Crippen LogP contribution in [0.25, 0.3) is 0 Å². The maximum Gasteiger partial charge on any atom is 0.191 e. The van der Waals surface area contributed by atoms with Crippen LogP contribution in [0.15, 0.2) is 23.2 Å². The second kappa shape index (κ2) is 12.4. The van der Waals surface area contributed by atoms with E-state index in [1.54, 1.807) is 7.11 Å². The minimum atomic E-state index is -0.0995. The molecule has 0 spiro atoms. The third-order valence-electron chi connectivity index (χ3n) is 4.66. The van der Waals surface area contributed by atoms with Gasteiger partial charge < -0.3 is 20.5 Å². The minimum Gasteiger partial charge on any atom is -0.496 e. The lowest BCUT2D eigenvalue weighted by atomic mass is 9.83. The fourth-order valence-corrected chi connectivity index (χ4v) is 2.54. The second-order valence-electron chi connectivity index (χ2n) is 6.23. The third-order valence-corrected chi connectivity index (χ3v) is 4.66. The first-order valence-electron chi connectivity index (χ1n) is 8.80. The van der Waals surface area contributed by atoms with Crippen LogP contribution in [-0.2, 0) is 6.54 Å². The standard InChI is InChI=1S/C19H33N3O2.HI/c1-6-19(7-2,14-23)13-22-18(20-8-3)21-12-16-10-9-15(4)11-17(16)24-5;/h9-11,23H,6-8,12-14H2,1-5H3,(H2,20,21,22);1H. The summed E-state index contributed by atoms with van der Waals surface area (Å²) in [5.41, 5.74) is 2.13. The molecule has 1 aromatic rings. The molecule has 1 aromatic carbocycles. The SMILES string of the molecule is CCNC(=NCc1ccc(C)cc1OC)NCC(CC)(CC)CO.I. The van der Waals surface area contributed by atoms with Crippen molar-refractivity contribution in [1.29, 1.82) is 0 Å². The van der Waals surface area contributed by atoms with Crippen molar-refractivity contribution in [2.45, 2.75) is 47.1 Å². The molecular formula is C19H34IN3O2. The number of methoxy groups -OCH3 is 1. The molecular weight excluding hydrogens is 429 g/mol. The Kier molecular flexibility index (Phi) is 11.8. The molecule has 0 bridgehead atoms. The van der Waals surface area contributed by atoms with Crippen LogP contribution >= 0.6 is 24.0 Å². The summed E-state index contributed by atoms with van der Waals surface area (Å²) in [6, 6.07) is 6.15. The van der Waals surface area contributed by atoms with Gasteiger partial charge in [0.25, 0.3) is 0 Å². The number of aliphatic imine (C=N–C) groups is 1. The van der Waals surface area contributed by atoms with Crippen LogP contribution in [-0.4, -0.2) is 37.9 Å². The van der Waals surface area contributed by atoms with Gasteiger partial charge in [-0.3, -0.25) is 0 Å². The Bertz CT molecular complexity index is 523. The van der Waals surface area contributed by atoms with Crippen LogP contribution in [0.5, 0.6) is 5.75 Å². The molecule has 3 N–H and O–H groups in total. The van der Waals surface area contributed by atoms with Gasteiger partial charge in [0.1, 0.15) is 5.75 Å². The van der Waals surface area contributed by atoms with Gasteiger partial charge in [0.2, 0.25) is 0 Å². The number of guanidine groups is 1. The Morgan fingerprint density at radius 3 is 2.40 bits per heavy atom. The average molecular weight is 463 g/mol. The molecule has 0 unspecified atom stereocenters. The molecule has 0 saturated heterocycles. The molecule has 5 nitrogen and oxygen atoms in total. The van der Waals surface area contributed by atoms with Crippen molar-refractivity contribution < 1.29 is 9.84 Å². The summed E-state index contributed by atoms with van der Waals surface area (Å²) < 4.78 is 5.44. The first-order chi connectivity index (χ1) is 11.5. The van der Waals surface area contributed by atoms with Gasteiger partial charge in [0, 0.05) is 24.1 Å². The molecule has 0 atom stereocenters. The van der Waals surface area contributed by atoms with Gasteiger partial charge in [-0.1, -0.05) is 26.0 Å². The van der Waals surface area contributed by atoms with E-state index in [0.717, 1.165) is 36.7 Å². The monoisotopic (exact) mass is 463 g/mol. The highest BCUT2D eigenvalue weighted by Gasteiger charge is 2.25. The summed E-state index contributed by atoms with van der Waals surface area (Å²) in [5, 5.41) is 16.3. The Labute approximate surface area is 169 Å². The van der Waals surface area contributed by atoms with E-state index in [0.29, 0.717) is 13.1 Å². The predicted octanol–water partition coefficient (Wildman–Crippen LogP) is 3.48. The van der Waals surface area contributed by atoms with E-state index in [-0.39, 0.29) is 36.0 Å². The van der Waals surface area contributed by atoms with E-state index in [2.05, 4.69) is 41.6 Å². The zero-order valence-corrected chi connectivity index (χ0v) is 18.5. The number of nitrogens with one attached hydrogen (secondary N) is 2. The fraction of sp³-hybridized carbons (Fsp3) is 0.632. The molecule has 0 saturated carbocycles. The summed E-state index contributed by atoms with van der Waals surface area (Å²) in [6.07, 6.45) is 1.86. The lowest BCUT2D eigenvalue weighted by Crippen LogP contribution is -2.44. The first kappa shape index (κ1) is 24.0. The quantitative estimate of drug-likeness (QED) is 0.298. The summed E-state index contributed by atoms with van der Waals surface area (Å²) in [5.74, 6) is 1.63. The summed E-state index contributed by atoms with van der Waals surface area (Å²) in [7, 11) is 1.68. The van der Waals surface area contributed by atoms with E-state index < -0.39 is 0 Å². The molecule has 0 aromatic heterocycles. The number of hydrogen-bond donors (Lipinski definition) is 3. The Morgan fingerprint density at radius 2 is 1.88 bits per heavy atom. The van der Waals surface area contributed by atoms with E-state index in [9.17, 15) is 5.11 Å². The van der Waals surface area contributed by atoms with Crippen molar-refractivity contribution in [2.75, 3.05) is 26.8 Å². The average Bonchev–Trinajstić information content (AvgIpc) is 2.61. The number of nitrogens with zero attached hydrogens (tertiary/aromatic N) is 1. The van der Waals surface area contributed by atoms with E-state index in [1.807, 2.05) is 19.9 Å². The zero-order chi connectivity index (χ0) is 18.0. The molecule has 0 heterocycles. The van der Waals surface area contributed by atoms with Crippen molar-refractivity contribution in [2.24, 2.45) is 10.4 Å². The summed E-state index contributed by atoms with van der Waals surface area (Å²) in [4.78, 5) is 4.66. The molecule has 0 aliphatic carbocycles. The van der Waals surface area contributed by atoms with Gasteiger partial charge >= 0.3 is 0 Å². The molecule has 0 aliphatic rings. The van der Waals surface area contributed by atoms with Crippen LogP contribution in [0, 0.1) is 12.3 Å². The topological polar surface area (TPSA) is 65.9 Å². The predicted molar refractivity (Wildman–Crippen MR) is 116 cm³/mol. The van der Waals surface area contributed by atoms with Crippen LogP contribution in [0.3, 0.4) is 0 Å². The molecule has 0 radical (unpaired) electrons. The lowest BCUT2D eigenvalue weighted by Gasteiger charge is -2.30. The van der Waals surface area contributed by atoms with Gasteiger partial charge in [-0.2, -0.15) is 0 Å². The van der Waals surface area contributed by atoms with Crippen LogP contribution < -0.4 is 15.4 Å². The number of benzene rings is 1. The fourth-order valence-electron chi connectivity index (χ4n) is 2.54. The molecule has 0 amide bonds. The van der Waals surface area contributed by atoms with Gasteiger partial charge in [-0.25, -0.2) is 4.99 Å². The number of aryl methyl sites for hydroxylation is 1. The number of hydrogen-bond acceptors (Lipinski definition) is 3. The third kappa shape index (κ3) is 7.40. The van der Waals surface area contributed by atoms with Crippen LogP contribution in [0.2, 0.25) is 0 Å². The molecule has 0 aliphatic heterocycles. The zero-order valence-electron chi connectivity index (χ0n) is 16.2. The summed E-state index contributed by atoms with van der Waals surface area (Å²) in [6.45, 7) is 10.5. The first-order valence-corrected chi connectivity index (χ1v) is 8.80. The molecule has 6 heteroatoms. The number of aliphatic hydroxyl groups excluding tert-OH is 1. The van der Waals surface area contributed by atoms with E-state index in [1.165, 1.54) is 5.56 Å². The minimum absolute atomic E-state index is 0. The van der Waals surface area contributed by atoms with Gasteiger partial charge in [0.05, 0.1) is 20.3 Å². The number of ether oxygens (including phenoxy) is 1. The smallest absolute Gasteiger partial charge is 0.191 e. The van der Waals surface area contributed by atoms with Gasteiger partial charge in [0.15, 0.2) is 5.96 Å². The highest BCUT2D eigenvalue weighted by molar-refractivity contribution is 14.0. The van der Waals surface area contributed by atoms with Gasteiger partial charge in [-0.05, 0) is 38.3 Å². The van der Waals surface area contributed by atoms with Gasteiger partial charge in [-0.15, -0.1) is 24.0 Å². The highest BCUT2D eigenvalue weighted by Crippen LogP contribution is 2.24. The normalized spacial score (nSPS) is 11.7. The molecule has 1 rings (SSSR count). The maximum absolute atomic E-state index is 9.70. The lowest BCUT2D eigenvalue weighted by molar-refractivity contribution is 0.118. The highest BCUT2D eigenvalue weighted by atomic mass is 127. The van der Waals surface area contributed by atoms with E-state index in [4.69, 9.17) is 4.74 Å². The van der Waals surface area contributed by atoms with Crippen LogP contribution in [0.1, 0.15) is 44.7 Å². The number of halogens is 1. The Balaban J connectivity index is 0.00000576. The number of aliphatic hydroxyl groups is 1. The van der Waals surface area contributed by atoms with Crippen molar-refractivity contribution in [1.82, 2.24) is 10.6 Å². The van der Waals surface area contributed by atoms with Crippen molar-refractivity contribution in [3.8, 4) is 5.75 Å². The summed E-state index contributed by atoms with van der Waals surface area (Å²) >= 11 is 0. The molecule has 25 heavy (non-hydrogen) atoms. The number of rotatable bonds is 9. The van der Waals surface area contributed by atoms with Crippen molar-refractivity contribution in [3.05, 3.63) is 29.3 Å². The van der Waals surface area contributed by atoms with Crippen LogP contribution in [0.4, 0.5) is 0 Å². The Morgan fingerprint density at radius 1 is 1.20 bits per heavy atom. The second-order valence-corrected chi connectivity index (χ2v) is 6.23. The van der Waals surface area contributed by atoms with Crippen molar-refractivity contribution >= 4 is 29.9 Å². The molecule has 144 valence electrons. The molecule has 0 fully saturated rings. The Hall–Kier alpha value is -1.02. The van der Waals surface area contributed by atoms with Crippen molar-refractivity contribution in [3.63, 3.8) is 0 Å². The largest absolute Gasteiger partial charge is 0.496 e. The van der Waals surface area contributed by atoms with E-state index >= 15 is 0 Å². The maximum atomic E-state index is 9.70.